The van der Waals surface area contributed by atoms with Crippen LogP contribution in [0.25, 0.3) is 0 Å². The largest absolute Gasteiger partial charge is 0.490 e. The summed E-state index contributed by atoms with van der Waals surface area (Å²) in [4.78, 5) is 29.3. The lowest BCUT2D eigenvalue weighted by atomic mass is 9.71. The maximum absolute atomic E-state index is 13.5. The topological polar surface area (TPSA) is 55.8 Å². The van der Waals surface area contributed by atoms with Crippen LogP contribution in [-0.4, -0.2) is 29.6 Å². The standard InChI is InChI=1S/C31H33Br2NO4/c1-3-15-34-23-7-5-9-25(35)29(23)28(30-24(34)8-6-10-26(30)36)20-16-22(33)31(27(17-20)37-4-2)38-18-19-11-13-21(32)14-12-19/h11-14,16-17,28H,3-10,15,18H2,1-2H3. The number of ether oxygens (including phenoxy) is 2. The van der Waals surface area contributed by atoms with E-state index in [1.165, 1.54) is 0 Å². The Labute approximate surface area is 241 Å². The molecule has 3 aliphatic rings. The Kier molecular flexibility index (Phi) is 8.44. The van der Waals surface area contributed by atoms with Crippen LogP contribution < -0.4 is 9.47 Å². The summed E-state index contributed by atoms with van der Waals surface area (Å²) in [6.07, 6.45) is 5.48. The van der Waals surface area contributed by atoms with Gasteiger partial charge in [0.25, 0.3) is 0 Å². The van der Waals surface area contributed by atoms with Crippen molar-refractivity contribution in [3.8, 4) is 11.5 Å². The molecule has 7 heteroatoms. The summed E-state index contributed by atoms with van der Waals surface area (Å²) < 4.78 is 14.1. The van der Waals surface area contributed by atoms with E-state index in [2.05, 4.69) is 43.7 Å². The van der Waals surface area contributed by atoms with Gasteiger partial charge in [0, 0.05) is 52.3 Å². The van der Waals surface area contributed by atoms with Crippen LogP contribution in [0.4, 0.5) is 0 Å². The molecule has 0 unspecified atom stereocenters. The highest BCUT2D eigenvalue weighted by molar-refractivity contribution is 9.10. The first kappa shape index (κ1) is 27.2. The van der Waals surface area contributed by atoms with Crippen molar-refractivity contribution >= 4 is 43.4 Å². The third kappa shape index (κ3) is 5.24. The van der Waals surface area contributed by atoms with E-state index in [4.69, 9.17) is 9.47 Å². The first-order chi connectivity index (χ1) is 18.4. The molecular weight excluding hydrogens is 610 g/mol. The summed E-state index contributed by atoms with van der Waals surface area (Å²) >= 11 is 7.21. The number of hydrogen-bond donors (Lipinski definition) is 0. The molecule has 0 saturated carbocycles. The summed E-state index contributed by atoms with van der Waals surface area (Å²) in [5, 5.41) is 0. The first-order valence-electron chi connectivity index (χ1n) is 13.6. The van der Waals surface area contributed by atoms with Crippen molar-refractivity contribution in [3.63, 3.8) is 0 Å². The van der Waals surface area contributed by atoms with E-state index >= 15 is 0 Å². The highest BCUT2D eigenvalue weighted by Crippen LogP contribution is 2.51. The number of rotatable bonds is 8. The van der Waals surface area contributed by atoms with E-state index in [-0.39, 0.29) is 17.5 Å². The van der Waals surface area contributed by atoms with Crippen LogP contribution in [0.2, 0.25) is 0 Å². The molecule has 2 aliphatic carbocycles. The van der Waals surface area contributed by atoms with Crippen molar-refractivity contribution in [2.45, 2.75) is 71.3 Å². The SMILES string of the molecule is CCCN1C2=C(C(=O)CCC2)C(c2cc(Br)c(OCc3ccc(Br)cc3)c(OCC)c2)C2=C1CCCC2=O. The maximum Gasteiger partial charge on any atom is 0.175 e. The summed E-state index contributed by atoms with van der Waals surface area (Å²) in [7, 11) is 0. The van der Waals surface area contributed by atoms with Crippen molar-refractivity contribution < 1.29 is 19.1 Å². The second kappa shape index (κ2) is 11.8. The van der Waals surface area contributed by atoms with Crippen molar-refractivity contribution in [2.24, 2.45) is 0 Å². The molecule has 0 atom stereocenters. The highest BCUT2D eigenvalue weighted by Gasteiger charge is 2.43. The quantitative estimate of drug-likeness (QED) is 0.292. The zero-order chi connectivity index (χ0) is 26.8. The van der Waals surface area contributed by atoms with Crippen LogP contribution in [0.1, 0.15) is 75.8 Å². The van der Waals surface area contributed by atoms with Crippen molar-refractivity contribution in [3.05, 3.63) is 79.0 Å². The molecule has 1 heterocycles. The molecular formula is C31H33Br2NO4. The molecule has 200 valence electrons. The molecule has 5 rings (SSSR count). The second-order valence-corrected chi connectivity index (χ2v) is 11.8. The van der Waals surface area contributed by atoms with Crippen molar-refractivity contribution in [2.75, 3.05) is 13.2 Å². The summed E-state index contributed by atoms with van der Waals surface area (Å²) in [5.74, 6) is 1.18. The zero-order valence-corrected chi connectivity index (χ0v) is 25.1. The van der Waals surface area contributed by atoms with Gasteiger partial charge >= 0.3 is 0 Å². The minimum Gasteiger partial charge on any atom is -0.490 e. The number of nitrogens with zero attached hydrogens (tertiary/aromatic N) is 1. The third-order valence-corrected chi connectivity index (χ3v) is 8.61. The molecule has 0 N–H and O–H groups in total. The van der Waals surface area contributed by atoms with Gasteiger partial charge in [-0.05, 0) is 90.4 Å². The predicted octanol–water partition coefficient (Wildman–Crippen LogP) is 8.01. The molecule has 0 fully saturated rings. The first-order valence-corrected chi connectivity index (χ1v) is 15.1. The third-order valence-electron chi connectivity index (χ3n) is 7.50. The van der Waals surface area contributed by atoms with E-state index in [9.17, 15) is 9.59 Å². The van der Waals surface area contributed by atoms with Crippen LogP contribution in [0.15, 0.2) is 67.9 Å². The summed E-state index contributed by atoms with van der Waals surface area (Å²) in [5.41, 5.74) is 5.78. The lowest BCUT2D eigenvalue weighted by Gasteiger charge is -2.44. The van der Waals surface area contributed by atoms with Crippen molar-refractivity contribution in [1.82, 2.24) is 4.90 Å². The van der Waals surface area contributed by atoms with Gasteiger partial charge in [-0.25, -0.2) is 0 Å². The maximum atomic E-state index is 13.5. The zero-order valence-electron chi connectivity index (χ0n) is 21.9. The second-order valence-electron chi connectivity index (χ2n) is 10.0. The molecule has 38 heavy (non-hydrogen) atoms. The van der Waals surface area contributed by atoms with E-state index in [0.717, 1.165) is 81.3 Å². The van der Waals surface area contributed by atoms with Crippen LogP contribution in [-0.2, 0) is 16.2 Å². The lowest BCUT2D eigenvalue weighted by Crippen LogP contribution is -2.39. The fourth-order valence-corrected chi connectivity index (χ4v) is 6.78. The monoisotopic (exact) mass is 641 g/mol. The fourth-order valence-electron chi connectivity index (χ4n) is 5.94. The Morgan fingerprint density at radius 3 is 2.08 bits per heavy atom. The number of allylic oxidation sites excluding steroid dienone is 4. The lowest BCUT2D eigenvalue weighted by molar-refractivity contribution is -0.117. The van der Waals surface area contributed by atoms with Gasteiger partial charge in [-0.15, -0.1) is 0 Å². The Balaban J connectivity index is 1.60. The van der Waals surface area contributed by atoms with Gasteiger partial charge in [0.15, 0.2) is 23.1 Å². The molecule has 0 bridgehead atoms. The summed E-state index contributed by atoms with van der Waals surface area (Å²) in [6, 6.07) is 12.0. The smallest absolute Gasteiger partial charge is 0.175 e. The average Bonchev–Trinajstić information content (AvgIpc) is 2.90. The number of hydrogen-bond acceptors (Lipinski definition) is 5. The van der Waals surface area contributed by atoms with Crippen LogP contribution >= 0.6 is 31.9 Å². The summed E-state index contributed by atoms with van der Waals surface area (Å²) in [6.45, 7) is 5.79. The Hall–Kier alpha value is -2.38. The Morgan fingerprint density at radius 1 is 0.868 bits per heavy atom. The Bertz CT molecular complexity index is 1270. The number of carbonyl (C=O) groups excluding carboxylic acids is 2. The van der Waals surface area contributed by atoms with Gasteiger partial charge in [0.2, 0.25) is 0 Å². The molecule has 2 aromatic carbocycles. The number of benzene rings is 2. The minimum absolute atomic E-state index is 0.159. The molecule has 0 saturated heterocycles. The molecule has 5 nitrogen and oxygen atoms in total. The average molecular weight is 643 g/mol. The molecule has 0 radical (unpaired) electrons. The number of carbonyl (C=O) groups is 2. The number of halogens is 2. The van der Waals surface area contributed by atoms with Crippen LogP contribution in [0, 0.1) is 0 Å². The number of Topliss-reactive ketones (excluding diaryl/α,β-unsaturated/α-hetero) is 2. The molecule has 1 aliphatic heterocycles. The van der Waals surface area contributed by atoms with Gasteiger partial charge in [0.05, 0.1) is 11.1 Å². The normalized spacial score (nSPS) is 18.1. The van der Waals surface area contributed by atoms with E-state index in [1.807, 2.05) is 43.3 Å². The van der Waals surface area contributed by atoms with Gasteiger partial charge in [-0.2, -0.15) is 0 Å². The molecule has 2 aromatic rings. The Morgan fingerprint density at radius 2 is 1.50 bits per heavy atom. The molecule has 0 spiro atoms. The number of ketones is 2. The van der Waals surface area contributed by atoms with Crippen LogP contribution in [0.5, 0.6) is 11.5 Å². The molecule has 0 amide bonds. The van der Waals surface area contributed by atoms with Crippen molar-refractivity contribution in [1.29, 1.82) is 0 Å². The van der Waals surface area contributed by atoms with Gasteiger partial charge < -0.3 is 14.4 Å². The van der Waals surface area contributed by atoms with E-state index in [0.29, 0.717) is 37.6 Å². The van der Waals surface area contributed by atoms with Gasteiger partial charge in [-0.1, -0.05) is 35.0 Å². The van der Waals surface area contributed by atoms with Gasteiger partial charge in [-0.3, -0.25) is 9.59 Å². The highest BCUT2D eigenvalue weighted by atomic mass is 79.9. The van der Waals surface area contributed by atoms with E-state index in [1.54, 1.807) is 0 Å². The fraction of sp³-hybridized carbons (Fsp3) is 0.419. The molecule has 0 aromatic heterocycles. The van der Waals surface area contributed by atoms with E-state index < -0.39 is 0 Å². The van der Waals surface area contributed by atoms with Gasteiger partial charge in [0.1, 0.15) is 6.61 Å². The predicted molar refractivity (Wildman–Crippen MR) is 155 cm³/mol. The van der Waals surface area contributed by atoms with Crippen LogP contribution in [0.3, 0.4) is 0 Å². The minimum atomic E-state index is -0.371.